The van der Waals surface area contributed by atoms with Crippen molar-refractivity contribution in [2.45, 2.75) is 64.1 Å². The van der Waals surface area contributed by atoms with Crippen LogP contribution in [0.25, 0.3) is 0 Å². The highest BCUT2D eigenvalue weighted by Crippen LogP contribution is 2.33. The van der Waals surface area contributed by atoms with Crippen molar-refractivity contribution >= 4 is 28.3 Å². The minimum atomic E-state index is -3.31. The molecule has 1 aliphatic carbocycles. The molecule has 2 aliphatic heterocycles. The van der Waals surface area contributed by atoms with Gasteiger partial charge < -0.3 is 15.0 Å². The summed E-state index contributed by atoms with van der Waals surface area (Å²) < 4.78 is 31.7. The van der Waals surface area contributed by atoms with E-state index < -0.39 is 10.0 Å². The molecule has 3 atom stereocenters. The van der Waals surface area contributed by atoms with Gasteiger partial charge in [-0.1, -0.05) is 12.8 Å². The summed E-state index contributed by atoms with van der Waals surface area (Å²) in [6.45, 7) is 5.74. The Hall–Kier alpha value is -0.410. The van der Waals surface area contributed by atoms with E-state index in [4.69, 9.17) is 4.74 Å². The number of carbonyl (C=O) groups excluding carboxylic acids is 1. The van der Waals surface area contributed by atoms with Gasteiger partial charge in [0.15, 0.2) is 0 Å². The van der Waals surface area contributed by atoms with E-state index in [0.717, 1.165) is 6.42 Å². The van der Waals surface area contributed by atoms with E-state index in [9.17, 15) is 13.2 Å². The Morgan fingerprint density at radius 3 is 2.44 bits per heavy atom. The first-order valence-electron chi connectivity index (χ1n) is 10.0. The molecule has 7 nitrogen and oxygen atoms in total. The first-order valence-corrected chi connectivity index (χ1v) is 11.6. The standard InChI is InChI=1S/C18H33N3O4S.ClH/c1-14(2)25-11-12-26(23,24)21-9-7-20(8-10-21)18(22)17-13-15-5-3-4-6-16(15)19-17;/h14-17,19H,3-13H2,1-2H3;1H. The Balaban J connectivity index is 0.00000261. The second kappa shape index (κ2) is 9.87. The van der Waals surface area contributed by atoms with Crippen LogP contribution in [-0.2, 0) is 19.6 Å². The van der Waals surface area contributed by atoms with Gasteiger partial charge in [-0.3, -0.25) is 4.79 Å². The minimum Gasteiger partial charge on any atom is -0.378 e. The number of halogens is 1. The highest BCUT2D eigenvalue weighted by Gasteiger charge is 2.40. The van der Waals surface area contributed by atoms with Gasteiger partial charge in [0, 0.05) is 32.2 Å². The molecular weight excluding hydrogens is 390 g/mol. The fraction of sp³-hybridized carbons (Fsp3) is 0.944. The molecule has 2 saturated heterocycles. The predicted molar refractivity (Wildman–Crippen MR) is 108 cm³/mol. The number of piperazine rings is 1. The fourth-order valence-corrected chi connectivity index (χ4v) is 5.72. The van der Waals surface area contributed by atoms with E-state index in [-0.39, 0.29) is 42.8 Å². The fourth-order valence-electron chi connectivity index (χ4n) is 4.44. The summed E-state index contributed by atoms with van der Waals surface area (Å²) in [6, 6.07) is 0.422. The number of fused-ring (bicyclic) bond motifs is 1. The van der Waals surface area contributed by atoms with Crippen LogP contribution in [0, 0.1) is 5.92 Å². The lowest BCUT2D eigenvalue weighted by Crippen LogP contribution is -2.55. The van der Waals surface area contributed by atoms with E-state index in [0.29, 0.717) is 38.1 Å². The largest absolute Gasteiger partial charge is 0.378 e. The van der Waals surface area contributed by atoms with Crippen molar-refractivity contribution in [1.29, 1.82) is 0 Å². The molecule has 0 spiro atoms. The van der Waals surface area contributed by atoms with Gasteiger partial charge in [-0.25, -0.2) is 8.42 Å². The molecule has 3 rings (SSSR count). The first-order chi connectivity index (χ1) is 12.4. The topological polar surface area (TPSA) is 79.0 Å². The number of carbonyl (C=O) groups is 1. The predicted octanol–water partition coefficient (Wildman–Crippen LogP) is 1.23. The summed E-state index contributed by atoms with van der Waals surface area (Å²) in [5.41, 5.74) is 0. The van der Waals surface area contributed by atoms with Crippen molar-refractivity contribution in [3.63, 3.8) is 0 Å². The van der Waals surface area contributed by atoms with Crippen molar-refractivity contribution in [2.75, 3.05) is 38.5 Å². The Morgan fingerprint density at radius 1 is 1.15 bits per heavy atom. The normalized spacial score (nSPS) is 29.4. The van der Waals surface area contributed by atoms with Crippen LogP contribution >= 0.6 is 12.4 Å². The molecule has 9 heteroatoms. The summed E-state index contributed by atoms with van der Waals surface area (Å²) >= 11 is 0. The van der Waals surface area contributed by atoms with Crippen LogP contribution in [0.15, 0.2) is 0 Å². The van der Waals surface area contributed by atoms with E-state index in [2.05, 4.69) is 5.32 Å². The van der Waals surface area contributed by atoms with Gasteiger partial charge in [0.1, 0.15) is 0 Å². The van der Waals surface area contributed by atoms with Gasteiger partial charge in [-0.2, -0.15) is 4.31 Å². The number of sulfonamides is 1. The molecule has 0 aromatic heterocycles. The molecule has 3 aliphatic rings. The van der Waals surface area contributed by atoms with Crippen molar-refractivity contribution in [3.8, 4) is 0 Å². The summed E-state index contributed by atoms with van der Waals surface area (Å²) in [6.07, 6.45) is 5.91. The zero-order valence-corrected chi connectivity index (χ0v) is 18.1. The monoisotopic (exact) mass is 423 g/mol. The molecule has 3 unspecified atom stereocenters. The van der Waals surface area contributed by atoms with Crippen LogP contribution in [0.3, 0.4) is 0 Å². The maximum Gasteiger partial charge on any atom is 0.239 e. The number of rotatable bonds is 6. The van der Waals surface area contributed by atoms with Crippen LogP contribution < -0.4 is 5.32 Å². The third-order valence-corrected chi connectivity index (χ3v) is 7.73. The third kappa shape index (κ3) is 5.79. The summed E-state index contributed by atoms with van der Waals surface area (Å²) in [5.74, 6) is 0.798. The SMILES string of the molecule is CC(C)OCCS(=O)(=O)N1CCN(C(=O)C2CC3CCCCC3N2)CC1.Cl. The lowest BCUT2D eigenvalue weighted by atomic mass is 9.85. The maximum absolute atomic E-state index is 12.8. The van der Waals surface area contributed by atoms with E-state index >= 15 is 0 Å². The van der Waals surface area contributed by atoms with E-state index in [1.807, 2.05) is 18.7 Å². The van der Waals surface area contributed by atoms with E-state index in [1.165, 1.54) is 30.0 Å². The quantitative estimate of drug-likeness (QED) is 0.695. The van der Waals surface area contributed by atoms with Crippen LogP contribution in [-0.4, -0.2) is 80.3 Å². The molecule has 1 amide bonds. The lowest BCUT2D eigenvalue weighted by molar-refractivity contribution is -0.134. The number of nitrogens with one attached hydrogen (secondary N) is 1. The molecule has 0 aromatic rings. The molecule has 0 aromatic carbocycles. The van der Waals surface area contributed by atoms with Crippen molar-refractivity contribution < 1.29 is 17.9 Å². The number of amides is 1. The van der Waals surface area contributed by atoms with Crippen LogP contribution in [0.4, 0.5) is 0 Å². The Morgan fingerprint density at radius 2 is 1.81 bits per heavy atom. The number of hydrogen-bond acceptors (Lipinski definition) is 5. The highest BCUT2D eigenvalue weighted by molar-refractivity contribution is 7.89. The number of ether oxygens (including phenoxy) is 1. The summed E-state index contributed by atoms with van der Waals surface area (Å²) in [5, 5.41) is 3.53. The second-order valence-electron chi connectivity index (χ2n) is 8.07. The Bertz CT molecular complexity index is 579. The van der Waals surface area contributed by atoms with Crippen molar-refractivity contribution in [3.05, 3.63) is 0 Å². The van der Waals surface area contributed by atoms with Crippen molar-refractivity contribution in [2.24, 2.45) is 5.92 Å². The molecule has 3 fully saturated rings. The van der Waals surface area contributed by atoms with Crippen LogP contribution in [0.5, 0.6) is 0 Å². The van der Waals surface area contributed by atoms with Gasteiger partial charge in [0.25, 0.3) is 0 Å². The molecule has 1 saturated carbocycles. The molecule has 27 heavy (non-hydrogen) atoms. The minimum absolute atomic E-state index is 0. The zero-order valence-electron chi connectivity index (χ0n) is 16.4. The van der Waals surface area contributed by atoms with Gasteiger partial charge in [0.2, 0.25) is 15.9 Å². The smallest absolute Gasteiger partial charge is 0.239 e. The number of nitrogens with zero attached hydrogens (tertiary/aromatic N) is 2. The Labute approximate surface area is 169 Å². The summed E-state index contributed by atoms with van der Waals surface area (Å²) in [4.78, 5) is 14.7. The molecule has 2 heterocycles. The van der Waals surface area contributed by atoms with Gasteiger partial charge in [0.05, 0.1) is 24.5 Å². The average molecular weight is 424 g/mol. The molecule has 158 valence electrons. The number of hydrogen-bond donors (Lipinski definition) is 1. The van der Waals surface area contributed by atoms with Gasteiger partial charge in [-0.15, -0.1) is 12.4 Å². The summed E-state index contributed by atoms with van der Waals surface area (Å²) in [7, 11) is -3.31. The Kier molecular flexibility index (Phi) is 8.36. The van der Waals surface area contributed by atoms with Gasteiger partial charge in [-0.05, 0) is 39.0 Å². The second-order valence-corrected chi connectivity index (χ2v) is 10.2. The molecule has 0 bridgehead atoms. The first kappa shape index (κ1) is 22.9. The highest BCUT2D eigenvalue weighted by atomic mass is 35.5. The van der Waals surface area contributed by atoms with Crippen LogP contribution in [0.1, 0.15) is 46.0 Å². The maximum atomic E-state index is 12.8. The van der Waals surface area contributed by atoms with Crippen LogP contribution in [0.2, 0.25) is 0 Å². The third-order valence-electron chi connectivity index (χ3n) is 5.90. The molecule has 0 radical (unpaired) electrons. The van der Waals surface area contributed by atoms with E-state index in [1.54, 1.807) is 0 Å². The molecular formula is C18H34ClN3O4S. The van der Waals surface area contributed by atoms with Crippen molar-refractivity contribution in [1.82, 2.24) is 14.5 Å². The van der Waals surface area contributed by atoms with Gasteiger partial charge >= 0.3 is 0 Å². The average Bonchev–Trinajstić information content (AvgIpc) is 3.05. The molecule has 1 N–H and O–H groups in total. The lowest BCUT2D eigenvalue weighted by Gasteiger charge is -2.35. The zero-order chi connectivity index (χ0) is 18.7.